The lowest BCUT2D eigenvalue weighted by Crippen LogP contribution is -2.80. The Labute approximate surface area is 480 Å². The molecule has 5 aliphatic heterocycles. The summed E-state index contributed by atoms with van der Waals surface area (Å²) in [5.74, 6) is 1.68. The van der Waals surface area contributed by atoms with Crippen LogP contribution in [0, 0.1) is 0 Å². The van der Waals surface area contributed by atoms with Crippen LogP contribution in [0.15, 0.2) is 255 Å². The molecule has 0 saturated carbocycles. The molecule has 10 nitrogen and oxygen atoms in total. The van der Waals surface area contributed by atoms with Gasteiger partial charge in [-0.1, -0.05) is 218 Å². The molecule has 82 heavy (non-hydrogen) atoms. The van der Waals surface area contributed by atoms with Crippen LogP contribution in [0.1, 0.15) is 33.4 Å². The first-order valence-corrected chi connectivity index (χ1v) is 27.9. The van der Waals surface area contributed by atoms with E-state index >= 15 is 0 Å². The van der Waals surface area contributed by atoms with Gasteiger partial charge in [0.05, 0.1) is 51.0 Å². The normalized spacial score (nSPS) is 12.9. The van der Waals surface area contributed by atoms with E-state index in [0.29, 0.717) is 52.9 Å². The van der Waals surface area contributed by atoms with Gasteiger partial charge in [-0.05, 0) is 69.8 Å². The van der Waals surface area contributed by atoms with Crippen LogP contribution in [0.2, 0.25) is 0 Å². The van der Waals surface area contributed by atoms with Crippen LogP contribution in [-0.4, -0.2) is 46.8 Å². The number of ether oxygens (including phenoxy) is 5. The van der Waals surface area contributed by atoms with Crippen LogP contribution in [0.5, 0.6) is 11.5 Å². The summed E-state index contributed by atoms with van der Waals surface area (Å²) in [4.78, 5) is 0. The molecule has 9 aromatic carbocycles. The van der Waals surface area contributed by atoms with Gasteiger partial charge in [-0.2, -0.15) is 0 Å². The number of fused-ring (bicyclic) bond motifs is 1. The number of rotatable bonds is 10. The van der Waals surface area contributed by atoms with Gasteiger partial charge in [-0.25, -0.2) is 0 Å². The smallest absolute Gasteiger partial charge is 0.119 e. The molecule has 0 aliphatic carbocycles. The monoisotopic (exact) mass is 1080 g/mol. The van der Waals surface area contributed by atoms with Gasteiger partial charge in [0.25, 0.3) is 0 Å². The lowest BCUT2D eigenvalue weighted by Gasteiger charge is -2.12. The fraction of sp³-hybridized carbons (Fsp3) is 0.139. The molecule has 0 fully saturated rings. The molecule has 406 valence electrons. The second-order valence-corrected chi connectivity index (χ2v) is 19.9. The average Bonchev–Trinajstić information content (AvgIpc) is 3.64. The largest absolute Gasteiger partial charge is 0.489 e. The maximum Gasteiger partial charge on any atom is 0.119 e. The third kappa shape index (κ3) is 15.1. The molecule has 0 unspecified atom stereocenters. The first-order chi connectivity index (χ1) is 40.6. The van der Waals surface area contributed by atoms with Gasteiger partial charge in [-0.15, -0.1) is 20.4 Å². The van der Waals surface area contributed by atoms with E-state index in [-0.39, 0.29) is 0 Å². The zero-order valence-corrected chi connectivity index (χ0v) is 45.7. The predicted octanol–water partition coefficient (Wildman–Crippen LogP) is 14.4. The summed E-state index contributed by atoms with van der Waals surface area (Å²) >= 11 is 0. The molecule has 0 saturated heterocycles. The fourth-order valence-electron chi connectivity index (χ4n) is 9.53. The predicted molar refractivity (Wildman–Crippen MR) is 324 cm³/mol. The Balaban J connectivity index is 0.000000195. The molecule has 2 N–H and O–H groups in total. The highest BCUT2D eigenvalue weighted by molar-refractivity contribution is 5.84. The molecular weight excluding hydrogens is 1010 g/mol. The van der Waals surface area contributed by atoms with E-state index in [4.69, 9.17) is 33.9 Å². The highest BCUT2D eigenvalue weighted by Gasteiger charge is 2.16. The summed E-state index contributed by atoms with van der Waals surface area (Å²) < 4.78 is 28.7. The van der Waals surface area contributed by atoms with Crippen LogP contribution in [0.25, 0.3) is 67.3 Å². The number of quaternary nitrogens is 1. The van der Waals surface area contributed by atoms with Crippen molar-refractivity contribution in [1.29, 1.82) is 0 Å². The molecule has 0 spiro atoms. The molecule has 0 atom stereocenters. The number of benzene rings is 9. The SMILES string of the molecule is c1cc2ccc1COCCOCCOCc1ccc(cc1)OCc1ccc(cc1)CO2.c1ccc(-c2cc(-c3ccc(C[NH2+]Cc4ccc(-c5cc(-c6ccccc6)nnc5-c5ccccc5)cc4)cc3)c(-c3ccccc3)nn2)cc1. The molecule has 5 aliphatic rings. The van der Waals surface area contributed by atoms with Gasteiger partial charge in [0.15, 0.2) is 0 Å². The van der Waals surface area contributed by atoms with Gasteiger partial charge >= 0.3 is 0 Å². The number of nitrogens with zero attached hydrogens (tertiary/aromatic N) is 4. The van der Waals surface area contributed by atoms with Crippen molar-refractivity contribution in [3.63, 3.8) is 0 Å². The Kier molecular flexibility index (Phi) is 18.7. The number of nitrogens with two attached hydrogens (primary N) is 1. The van der Waals surface area contributed by atoms with Crippen LogP contribution in [0.3, 0.4) is 0 Å². The van der Waals surface area contributed by atoms with Crippen LogP contribution < -0.4 is 14.8 Å². The molecule has 10 heteroatoms. The van der Waals surface area contributed by atoms with Crippen molar-refractivity contribution >= 4 is 0 Å². The Hall–Kier alpha value is -9.42. The van der Waals surface area contributed by atoms with Crippen molar-refractivity contribution in [2.45, 2.75) is 39.5 Å². The van der Waals surface area contributed by atoms with Crippen molar-refractivity contribution in [3.05, 3.63) is 288 Å². The summed E-state index contributed by atoms with van der Waals surface area (Å²) in [5, 5.41) is 21.0. The van der Waals surface area contributed by atoms with Crippen LogP contribution in [-0.2, 0) is 53.7 Å². The standard InChI is InChI=1S/C46H35N5.C26H28O5/c1-5-13-37(14-6-1)43-29-41(45(50-48-43)39-17-9-3-10-18-39)35-25-21-33(22-26-35)31-47-32-34-23-27-36(28-24-34)42-30-44(38-15-7-2-8-16-38)49-51-46(42)40-19-11-4-12-20-40;1-2-24-4-3-23(1)19-30-25-9-5-21(6-10-25)17-28-15-13-27-14-16-29-18-22-7-11-26(12-8-22)31-20-24/h1-30,47H,31-32H2;1-12H,13-20H2/p+1. The minimum Gasteiger partial charge on any atom is -0.489 e. The minimum atomic E-state index is 0.526. The summed E-state index contributed by atoms with van der Waals surface area (Å²) in [5.41, 5.74) is 19.1. The Morgan fingerprint density at radius 1 is 0.293 bits per heavy atom. The molecule has 11 aromatic rings. The average molecular weight is 1080 g/mol. The van der Waals surface area contributed by atoms with E-state index in [0.717, 1.165) is 114 Å². The van der Waals surface area contributed by atoms with Crippen molar-refractivity contribution in [3.8, 4) is 78.8 Å². The fourth-order valence-corrected chi connectivity index (χ4v) is 9.53. The number of hydrogen-bond acceptors (Lipinski definition) is 9. The highest BCUT2D eigenvalue weighted by Crippen LogP contribution is 2.35. The van der Waals surface area contributed by atoms with E-state index in [1.807, 2.05) is 121 Å². The zero-order valence-electron chi connectivity index (χ0n) is 45.7. The summed E-state index contributed by atoms with van der Waals surface area (Å²) in [6.45, 7) is 6.12. The van der Waals surface area contributed by atoms with Gasteiger partial charge in [0.2, 0.25) is 0 Å². The maximum absolute atomic E-state index is 5.90. The number of aromatic nitrogens is 4. The van der Waals surface area contributed by atoms with Gasteiger partial charge in [0, 0.05) is 44.5 Å². The Morgan fingerprint density at radius 3 is 1.00 bits per heavy atom. The van der Waals surface area contributed by atoms with E-state index in [2.05, 4.69) is 149 Å². The lowest BCUT2D eigenvalue weighted by molar-refractivity contribution is -0.686. The van der Waals surface area contributed by atoms with Crippen molar-refractivity contribution in [2.75, 3.05) is 26.4 Å². The van der Waals surface area contributed by atoms with Crippen molar-refractivity contribution in [2.24, 2.45) is 0 Å². The lowest BCUT2D eigenvalue weighted by atomic mass is 9.97. The van der Waals surface area contributed by atoms with E-state index < -0.39 is 0 Å². The molecule has 0 radical (unpaired) electrons. The molecule has 7 heterocycles. The molecule has 6 bridgehead atoms. The van der Waals surface area contributed by atoms with Crippen LogP contribution in [0.4, 0.5) is 0 Å². The quantitative estimate of drug-likeness (QED) is 0.143. The third-order valence-corrected chi connectivity index (χ3v) is 14.1. The van der Waals surface area contributed by atoms with E-state index in [9.17, 15) is 0 Å². The Morgan fingerprint density at radius 2 is 0.622 bits per heavy atom. The molecular formula is C72H64N5O5+. The van der Waals surface area contributed by atoms with Gasteiger partial charge in [0.1, 0.15) is 49.2 Å². The summed E-state index contributed by atoms with van der Waals surface area (Å²) in [7, 11) is 0. The Bertz CT molecular complexity index is 3460. The number of hydrogen-bond donors (Lipinski definition) is 1. The second kappa shape index (κ2) is 28.1. The van der Waals surface area contributed by atoms with Crippen LogP contribution >= 0.6 is 0 Å². The molecule has 0 amide bonds. The summed E-state index contributed by atoms with van der Waals surface area (Å²) in [6, 6.07) is 87.3. The van der Waals surface area contributed by atoms with E-state index in [1.54, 1.807) is 0 Å². The van der Waals surface area contributed by atoms with E-state index in [1.165, 1.54) is 11.1 Å². The molecule has 2 aromatic heterocycles. The zero-order chi connectivity index (χ0) is 55.4. The van der Waals surface area contributed by atoms with Gasteiger partial charge in [-0.3, -0.25) is 0 Å². The third-order valence-electron chi connectivity index (χ3n) is 14.1. The van der Waals surface area contributed by atoms with Crippen molar-refractivity contribution < 1.29 is 29.0 Å². The molecule has 16 rings (SSSR count). The van der Waals surface area contributed by atoms with Crippen molar-refractivity contribution in [1.82, 2.24) is 20.4 Å². The summed E-state index contributed by atoms with van der Waals surface area (Å²) in [6.07, 6.45) is 0. The minimum absolute atomic E-state index is 0.526. The second-order valence-electron chi connectivity index (χ2n) is 19.9. The first kappa shape index (κ1) is 54.5. The first-order valence-electron chi connectivity index (χ1n) is 27.9. The maximum atomic E-state index is 5.90. The van der Waals surface area contributed by atoms with Gasteiger partial charge < -0.3 is 29.0 Å². The highest BCUT2D eigenvalue weighted by atomic mass is 16.5. The topological polar surface area (TPSA) is 114 Å².